The van der Waals surface area contributed by atoms with Crippen molar-refractivity contribution in [2.75, 3.05) is 13.1 Å². The summed E-state index contributed by atoms with van der Waals surface area (Å²) in [4.78, 5) is 32.4. The fraction of sp³-hybridized carbons (Fsp3) is 0.552. The van der Waals surface area contributed by atoms with Gasteiger partial charge in [-0.25, -0.2) is 9.97 Å². The van der Waals surface area contributed by atoms with Gasteiger partial charge in [-0.05, 0) is 62.7 Å². The van der Waals surface area contributed by atoms with Crippen LogP contribution in [0.2, 0.25) is 0 Å². The fourth-order valence-electron chi connectivity index (χ4n) is 5.38. The van der Waals surface area contributed by atoms with Crippen molar-refractivity contribution in [1.29, 1.82) is 0 Å². The van der Waals surface area contributed by atoms with E-state index < -0.39 is 0 Å². The van der Waals surface area contributed by atoms with Crippen LogP contribution < -0.4 is 5.32 Å². The van der Waals surface area contributed by atoms with Gasteiger partial charge in [0, 0.05) is 43.4 Å². The number of aromatic nitrogens is 4. The van der Waals surface area contributed by atoms with Crippen molar-refractivity contribution in [2.24, 2.45) is 0 Å². The van der Waals surface area contributed by atoms with Crippen LogP contribution in [0.4, 0.5) is 0 Å². The molecule has 1 fully saturated rings. The molecule has 0 atom stereocenters. The number of H-pyrrole nitrogens is 2. The molecule has 0 bridgehead atoms. The predicted molar refractivity (Wildman–Crippen MR) is 147 cm³/mol. The molecule has 0 unspecified atom stereocenters. The molecule has 1 aliphatic rings. The maximum Gasteiger partial charge on any atom is 0.227 e. The number of nitrogens with zero attached hydrogens (tertiary/aromatic N) is 4. The number of hydrogen-bond acceptors (Lipinski definition) is 5. The molecule has 2 heterocycles. The van der Waals surface area contributed by atoms with E-state index >= 15 is 0 Å². The summed E-state index contributed by atoms with van der Waals surface area (Å²) in [6.45, 7) is 8.75. The Morgan fingerprint density at radius 1 is 0.892 bits per heavy atom. The highest BCUT2D eigenvalue weighted by Crippen LogP contribution is 2.24. The Hall–Kier alpha value is -2.97. The van der Waals surface area contributed by atoms with Crippen LogP contribution in [0.3, 0.4) is 0 Å². The second-order valence-corrected chi connectivity index (χ2v) is 10.2. The zero-order valence-electron chi connectivity index (χ0n) is 22.5. The average molecular weight is 506 g/mol. The normalized spacial score (nSPS) is 17.8. The summed E-state index contributed by atoms with van der Waals surface area (Å²) >= 11 is 0. The fourth-order valence-corrected chi connectivity index (χ4v) is 5.38. The van der Waals surface area contributed by atoms with E-state index in [9.17, 15) is 4.79 Å². The minimum atomic E-state index is 0.0515. The molecule has 200 valence electrons. The largest absolute Gasteiger partial charge is 0.347 e. The second kappa shape index (κ2) is 14.1. The van der Waals surface area contributed by atoms with Gasteiger partial charge in [0.15, 0.2) is 0 Å². The highest BCUT2D eigenvalue weighted by molar-refractivity contribution is 5.78. The summed E-state index contributed by atoms with van der Waals surface area (Å²) in [6, 6.07) is 9.81. The Labute approximate surface area is 221 Å². The van der Waals surface area contributed by atoms with Crippen LogP contribution in [-0.2, 0) is 30.8 Å². The van der Waals surface area contributed by atoms with Crippen molar-refractivity contribution in [3.05, 3.63) is 71.8 Å². The average Bonchev–Trinajstić information content (AvgIpc) is 3.63. The SMILES string of the molecule is CCCN(CCC)[C@H]1CC[C@H](NCc2ccc(CC(=O)N(Cc3ncc[nH]3)Cc3ncc[nH]3)cc2)CC1. The van der Waals surface area contributed by atoms with Crippen LogP contribution in [0.25, 0.3) is 0 Å². The molecule has 0 aliphatic heterocycles. The van der Waals surface area contributed by atoms with Crippen molar-refractivity contribution >= 4 is 5.91 Å². The molecule has 1 aliphatic carbocycles. The Bertz CT molecular complexity index is 983. The maximum atomic E-state index is 13.2. The molecule has 8 heteroatoms. The van der Waals surface area contributed by atoms with Gasteiger partial charge in [0.1, 0.15) is 11.6 Å². The molecular formula is C29H43N7O. The number of rotatable bonds is 14. The van der Waals surface area contributed by atoms with E-state index in [2.05, 4.69) is 68.3 Å². The number of carbonyl (C=O) groups is 1. The highest BCUT2D eigenvalue weighted by atomic mass is 16.2. The van der Waals surface area contributed by atoms with E-state index in [1.807, 2.05) is 0 Å². The van der Waals surface area contributed by atoms with E-state index in [-0.39, 0.29) is 5.91 Å². The Balaban J connectivity index is 1.24. The van der Waals surface area contributed by atoms with Gasteiger partial charge in [-0.3, -0.25) is 4.79 Å². The molecule has 0 radical (unpaired) electrons. The summed E-state index contributed by atoms with van der Waals surface area (Å²) in [7, 11) is 0. The first-order valence-corrected chi connectivity index (χ1v) is 13.9. The molecule has 1 amide bonds. The molecule has 1 saturated carbocycles. The molecule has 0 spiro atoms. The van der Waals surface area contributed by atoms with E-state index in [0.717, 1.165) is 29.8 Å². The summed E-state index contributed by atoms with van der Waals surface area (Å²) in [5, 5.41) is 3.77. The molecule has 2 aromatic heterocycles. The van der Waals surface area contributed by atoms with Crippen LogP contribution in [0.5, 0.6) is 0 Å². The smallest absolute Gasteiger partial charge is 0.227 e. The number of nitrogens with one attached hydrogen (secondary N) is 3. The molecule has 8 nitrogen and oxygen atoms in total. The summed E-state index contributed by atoms with van der Waals surface area (Å²) in [6.07, 6.45) is 14.9. The quantitative estimate of drug-likeness (QED) is 0.301. The highest BCUT2D eigenvalue weighted by Gasteiger charge is 2.25. The third-order valence-corrected chi connectivity index (χ3v) is 7.35. The van der Waals surface area contributed by atoms with Gasteiger partial charge in [0.25, 0.3) is 0 Å². The van der Waals surface area contributed by atoms with Gasteiger partial charge >= 0.3 is 0 Å². The molecular weight excluding hydrogens is 462 g/mol. The minimum absolute atomic E-state index is 0.0515. The molecule has 4 rings (SSSR count). The lowest BCUT2D eigenvalue weighted by atomic mass is 9.89. The summed E-state index contributed by atoms with van der Waals surface area (Å²) < 4.78 is 0. The first kappa shape index (κ1) is 27.1. The van der Waals surface area contributed by atoms with E-state index in [0.29, 0.717) is 25.6 Å². The number of imidazole rings is 2. The third kappa shape index (κ3) is 8.27. The first-order chi connectivity index (χ1) is 18.1. The van der Waals surface area contributed by atoms with Crippen molar-refractivity contribution in [2.45, 2.75) is 90.5 Å². The molecule has 37 heavy (non-hydrogen) atoms. The monoisotopic (exact) mass is 505 g/mol. The van der Waals surface area contributed by atoms with Crippen molar-refractivity contribution < 1.29 is 4.79 Å². The standard InChI is InChI=1S/C29H43N7O/c1-3-17-35(18-4-2)26-11-9-25(10-12-26)34-20-24-7-5-23(6-8-24)19-29(37)36(21-27-30-13-14-31-27)22-28-32-15-16-33-28/h5-8,13-16,25-26,34H,3-4,9-12,17-22H2,1-2H3,(H,30,31)(H,32,33)/t25-,26-. The molecule has 3 aromatic rings. The van der Waals surface area contributed by atoms with Crippen molar-refractivity contribution in [3.8, 4) is 0 Å². The van der Waals surface area contributed by atoms with Gasteiger partial charge < -0.3 is 25.1 Å². The Kier molecular flexibility index (Phi) is 10.3. The van der Waals surface area contributed by atoms with Crippen LogP contribution >= 0.6 is 0 Å². The number of benzene rings is 1. The van der Waals surface area contributed by atoms with Crippen LogP contribution in [-0.4, -0.2) is 60.8 Å². The molecule has 3 N–H and O–H groups in total. The lowest BCUT2D eigenvalue weighted by molar-refractivity contribution is -0.132. The van der Waals surface area contributed by atoms with Gasteiger partial charge in [-0.1, -0.05) is 38.1 Å². The Morgan fingerprint density at radius 3 is 1.97 bits per heavy atom. The zero-order chi connectivity index (χ0) is 25.9. The van der Waals surface area contributed by atoms with Crippen LogP contribution in [0, 0.1) is 0 Å². The zero-order valence-corrected chi connectivity index (χ0v) is 22.5. The Morgan fingerprint density at radius 2 is 1.46 bits per heavy atom. The van der Waals surface area contributed by atoms with E-state index in [1.54, 1.807) is 29.7 Å². The van der Waals surface area contributed by atoms with Gasteiger partial charge in [0.2, 0.25) is 5.91 Å². The summed E-state index contributed by atoms with van der Waals surface area (Å²) in [5.74, 6) is 1.58. The summed E-state index contributed by atoms with van der Waals surface area (Å²) in [5.41, 5.74) is 2.28. The van der Waals surface area contributed by atoms with Crippen LogP contribution in [0.1, 0.15) is 75.1 Å². The maximum absolute atomic E-state index is 13.2. The number of aromatic amines is 2. The van der Waals surface area contributed by atoms with Gasteiger partial charge in [0.05, 0.1) is 19.5 Å². The predicted octanol–water partition coefficient (Wildman–Crippen LogP) is 4.43. The minimum Gasteiger partial charge on any atom is -0.347 e. The van der Waals surface area contributed by atoms with E-state index in [4.69, 9.17) is 0 Å². The third-order valence-electron chi connectivity index (χ3n) is 7.35. The number of amides is 1. The van der Waals surface area contributed by atoms with E-state index in [1.165, 1.54) is 57.2 Å². The second-order valence-electron chi connectivity index (χ2n) is 10.2. The number of hydrogen-bond donors (Lipinski definition) is 3. The van der Waals surface area contributed by atoms with Crippen LogP contribution in [0.15, 0.2) is 49.1 Å². The molecule has 0 saturated heterocycles. The molecule has 1 aromatic carbocycles. The lowest BCUT2D eigenvalue weighted by Crippen LogP contribution is -2.43. The van der Waals surface area contributed by atoms with Gasteiger partial charge in [-0.15, -0.1) is 0 Å². The number of carbonyl (C=O) groups excluding carboxylic acids is 1. The van der Waals surface area contributed by atoms with Crippen molar-refractivity contribution in [3.63, 3.8) is 0 Å². The first-order valence-electron chi connectivity index (χ1n) is 13.9. The lowest BCUT2D eigenvalue weighted by Gasteiger charge is -2.37. The van der Waals surface area contributed by atoms with Gasteiger partial charge in [-0.2, -0.15) is 0 Å². The topological polar surface area (TPSA) is 92.9 Å². The van der Waals surface area contributed by atoms with Crippen molar-refractivity contribution in [1.82, 2.24) is 35.1 Å².